The number of hydrogen-bond donors (Lipinski definition) is 1. The molecule has 3 nitrogen and oxygen atoms in total. The first-order chi connectivity index (χ1) is 12.6. The number of benzene rings is 2. The van der Waals surface area contributed by atoms with Gasteiger partial charge in [-0.25, -0.2) is 0 Å². The summed E-state index contributed by atoms with van der Waals surface area (Å²) in [5, 5.41) is 4.72. The third kappa shape index (κ3) is 8.18. The fourth-order valence-electron chi connectivity index (χ4n) is 2.60. The van der Waals surface area contributed by atoms with Crippen LogP contribution in [0.5, 0.6) is 11.5 Å². The SMILES string of the molecule is CCCCCNCc1cc(Cl)c(OCc2ccc(Cl)cc2)c(OCC)c1.Cl. The first kappa shape index (κ1) is 23.9. The summed E-state index contributed by atoms with van der Waals surface area (Å²) >= 11 is 12.4. The van der Waals surface area contributed by atoms with Crippen LogP contribution in [-0.4, -0.2) is 13.2 Å². The van der Waals surface area contributed by atoms with Crippen molar-refractivity contribution in [3.05, 3.63) is 57.6 Å². The maximum absolute atomic E-state index is 6.47. The molecule has 0 heterocycles. The molecule has 0 bridgehead atoms. The zero-order chi connectivity index (χ0) is 18.8. The molecule has 0 radical (unpaired) electrons. The Morgan fingerprint density at radius 2 is 1.67 bits per heavy atom. The van der Waals surface area contributed by atoms with Crippen LogP contribution in [0.25, 0.3) is 0 Å². The van der Waals surface area contributed by atoms with Gasteiger partial charge in [-0.1, -0.05) is 55.1 Å². The normalized spacial score (nSPS) is 10.4. The predicted molar refractivity (Wildman–Crippen MR) is 117 cm³/mol. The van der Waals surface area contributed by atoms with E-state index in [0.717, 1.165) is 24.2 Å². The lowest BCUT2D eigenvalue weighted by Gasteiger charge is -2.16. The zero-order valence-corrected chi connectivity index (χ0v) is 18.2. The van der Waals surface area contributed by atoms with E-state index >= 15 is 0 Å². The Morgan fingerprint density at radius 3 is 2.33 bits per heavy atom. The molecule has 0 aromatic heterocycles. The lowest BCUT2D eigenvalue weighted by molar-refractivity contribution is 0.269. The fourth-order valence-corrected chi connectivity index (χ4v) is 3.01. The van der Waals surface area contributed by atoms with Gasteiger partial charge in [0, 0.05) is 11.6 Å². The highest BCUT2D eigenvalue weighted by atomic mass is 35.5. The Morgan fingerprint density at radius 1 is 0.926 bits per heavy atom. The Kier molecular flexibility index (Phi) is 11.6. The second-order valence-electron chi connectivity index (χ2n) is 6.14. The molecule has 2 rings (SSSR count). The van der Waals surface area contributed by atoms with Crippen LogP contribution in [0.3, 0.4) is 0 Å². The van der Waals surface area contributed by atoms with E-state index in [1.165, 1.54) is 19.3 Å². The van der Waals surface area contributed by atoms with Crippen LogP contribution in [0.15, 0.2) is 36.4 Å². The van der Waals surface area contributed by atoms with Crippen LogP contribution in [0.2, 0.25) is 10.0 Å². The van der Waals surface area contributed by atoms with Crippen molar-refractivity contribution >= 4 is 35.6 Å². The largest absolute Gasteiger partial charge is 0.490 e. The summed E-state index contributed by atoms with van der Waals surface area (Å²) in [4.78, 5) is 0. The van der Waals surface area contributed by atoms with Crippen LogP contribution < -0.4 is 14.8 Å². The van der Waals surface area contributed by atoms with Gasteiger partial charge < -0.3 is 14.8 Å². The monoisotopic (exact) mass is 431 g/mol. The average molecular weight is 433 g/mol. The Hall–Kier alpha value is -1.13. The number of nitrogens with one attached hydrogen (secondary N) is 1. The first-order valence-corrected chi connectivity index (χ1v) is 9.92. The third-order valence-electron chi connectivity index (χ3n) is 3.95. The lowest BCUT2D eigenvalue weighted by atomic mass is 10.2. The maximum Gasteiger partial charge on any atom is 0.180 e. The number of unbranched alkanes of at least 4 members (excludes halogenated alkanes) is 2. The molecule has 0 saturated heterocycles. The first-order valence-electron chi connectivity index (χ1n) is 9.17. The van der Waals surface area contributed by atoms with Gasteiger partial charge in [-0.2, -0.15) is 0 Å². The highest BCUT2D eigenvalue weighted by molar-refractivity contribution is 6.32. The lowest BCUT2D eigenvalue weighted by Crippen LogP contribution is -2.14. The van der Waals surface area contributed by atoms with Crippen LogP contribution >= 0.6 is 35.6 Å². The second-order valence-corrected chi connectivity index (χ2v) is 6.98. The van der Waals surface area contributed by atoms with Crippen LogP contribution in [0, 0.1) is 0 Å². The van der Waals surface area contributed by atoms with Gasteiger partial charge in [0.05, 0.1) is 11.6 Å². The highest BCUT2D eigenvalue weighted by Gasteiger charge is 2.13. The van der Waals surface area contributed by atoms with Crippen molar-refractivity contribution in [2.45, 2.75) is 46.3 Å². The van der Waals surface area contributed by atoms with E-state index in [2.05, 4.69) is 12.2 Å². The van der Waals surface area contributed by atoms with Gasteiger partial charge in [-0.15, -0.1) is 12.4 Å². The van der Waals surface area contributed by atoms with E-state index in [1.807, 2.05) is 43.3 Å². The summed E-state index contributed by atoms with van der Waals surface area (Å²) in [7, 11) is 0. The topological polar surface area (TPSA) is 30.5 Å². The van der Waals surface area contributed by atoms with Gasteiger partial charge in [-0.05, 0) is 55.3 Å². The van der Waals surface area contributed by atoms with E-state index in [0.29, 0.717) is 34.8 Å². The number of rotatable bonds is 11. The van der Waals surface area contributed by atoms with Crippen molar-refractivity contribution in [2.75, 3.05) is 13.2 Å². The smallest absolute Gasteiger partial charge is 0.180 e. The molecule has 1 N–H and O–H groups in total. The van der Waals surface area contributed by atoms with Gasteiger partial charge >= 0.3 is 0 Å². The summed E-state index contributed by atoms with van der Waals surface area (Å²) in [5.41, 5.74) is 2.11. The van der Waals surface area contributed by atoms with Gasteiger partial charge in [0.1, 0.15) is 6.61 Å². The molecule has 150 valence electrons. The standard InChI is InChI=1S/C21H27Cl2NO2.ClH/c1-3-5-6-11-24-14-17-12-19(23)21(20(13-17)25-4-2)26-15-16-7-9-18(22)10-8-16;/h7-10,12-13,24H,3-6,11,14-15H2,1-2H3;1H. The Balaban J connectivity index is 0.00000364. The molecule has 0 unspecified atom stereocenters. The number of halogens is 3. The van der Waals surface area contributed by atoms with Crippen LogP contribution in [0.4, 0.5) is 0 Å². The molecule has 6 heteroatoms. The molecule has 0 saturated carbocycles. The van der Waals surface area contributed by atoms with Crippen molar-refractivity contribution in [3.63, 3.8) is 0 Å². The van der Waals surface area contributed by atoms with Crippen molar-refractivity contribution in [1.29, 1.82) is 0 Å². The minimum Gasteiger partial charge on any atom is -0.490 e. The number of hydrogen-bond acceptors (Lipinski definition) is 3. The van der Waals surface area contributed by atoms with Crippen LogP contribution in [-0.2, 0) is 13.2 Å². The van der Waals surface area contributed by atoms with E-state index in [9.17, 15) is 0 Å². The highest BCUT2D eigenvalue weighted by Crippen LogP contribution is 2.37. The molecule has 0 atom stereocenters. The summed E-state index contributed by atoms with van der Waals surface area (Å²) in [6, 6.07) is 11.5. The van der Waals surface area contributed by atoms with Gasteiger partial charge in [-0.3, -0.25) is 0 Å². The minimum absolute atomic E-state index is 0. The number of ether oxygens (including phenoxy) is 2. The molecule has 2 aromatic rings. The quantitative estimate of drug-likeness (QED) is 0.402. The van der Waals surface area contributed by atoms with Crippen LogP contribution in [0.1, 0.15) is 44.2 Å². The van der Waals surface area contributed by atoms with Gasteiger partial charge in [0.25, 0.3) is 0 Å². The molecule has 27 heavy (non-hydrogen) atoms. The molecule has 2 aromatic carbocycles. The van der Waals surface area contributed by atoms with E-state index in [-0.39, 0.29) is 12.4 Å². The summed E-state index contributed by atoms with van der Waals surface area (Å²) in [6.45, 7) is 6.89. The van der Waals surface area contributed by atoms with Gasteiger partial charge in [0.15, 0.2) is 11.5 Å². The molecule has 0 spiro atoms. The molecule has 0 amide bonds. The van der Waals surface area contributed by atoms with Crippen molar-refractivity contribution in [1.82, 2.24) is 5.32 Å². The molecule has 0 aliphatic heterocycles. The molecular weight excluding hydrogens is 405 g/mol. The minimum atomic E-state index is 0. The molecule has 0 aliphatic carbocycles. The predicted octanol–water partition coefficient (Wildman–Crippen LogP) is 6.67. The molecular formula is C21H28Cl3NO2. The summed E-state index contributed by atoms with van der Waals surface area (Å²) in [5.74, 6) is 1.26. The second kappa shape index (κ2) is 13.1. The zero-order valence-electron chi connectivity index (χ0n) is 15.9. The Labute approximate surface area is 178 Å². The maximum atomic E-state index is 6.47. The molecule has 0 aliphatic rings. The van der Waals surface area contributed by atoms with E-state index in [4.69, 9.17) is 32.7 Å². The van der Waals surface area contributed by atoms with E-state index in [1.54, 1.807) is 0 Å². The Bertz CT molecular complexity index is 678. The van der Waals surface area contributed by atoms with Crippen molar-refractivity contribution in [2.24, 2.45) is 0 Å². The summed E-state index contributed by atoms with van der Waals surface area (Å²) < 4.78 is 11.7. The molecule has 0 fully saturated rings. The van der Waals surface area contributed by atoms with Gasteiger partial charge in [0.2, 0.25) is 0 Å². The van der Waals surface area contributed by atoms with Crippen molar-refractivity contribution < 1.29 is 9.47 Å². The van der Waals surface area contributed by atoms with Crippen molar-refractivity contribution in [3.8, 4) is 11.5 Å². The summed E-state index contributed by atoms with van der Waals surface area (Å²) in [6.07, 6.45) is 3.65. The average Bonchev–Trinajstić information content (AvgIpc) is 2.62. The van der Waals surface area contributed by atoms with E-state index < -0.39 is 0 Å². The fraction of sp³-hybridized carbons (Fsp3) is 0.429. The third-order valence-corrected chi connectivity index (χ3v) is 4.48.